The highest BCUT2D eigenvalue weighted by Crippen LogP contribution is 2.23. The van der Waals surface area contributed by atoms with Crippen molar-refractivity contribution >= 4 is 5.91 Å². The Morgan fingerprint density at radius 2 is 2.25 bits per heavy atom. The number of unbranched alkanes of at least 4 members (excludes halogenated alkanes) is 1. The van der Waals surface area contributed by atoms with Crippen LogP contribution in [-0.4, -0.2) is 31.7 Å². The van der Waals surface area contributed by atoms with E-state index in [1.807, 2.05) is 6.92 Å². The molecule has 0 heterocycles. The van der Waals surface area contributed by atoms with Crippen LogP contribution in [0.15, 0.2) is 0 Å². The lowest BCUT2D eigenvalue weighted by Crippen LogP contribution is -2.31. The van der Waals surface area contributed by atoms with Gasteiger partial charge in [-0.25, -0.2) is 0 Å². The Morgan fingerprint density at radius 1 is 1.44 bits per heavy atom. The predicted octanol–water partition coefficient (Wildman–Crippen LogP) is 1.05. The van der Waals surface area contributed by atoms with Gasteiger partial charge in [0.2, 0.25) is 5.91 Å². The molecule has 1 rings (SSSR count). The molecule has 1 aliphatic carbocycles. The Hall–Kier alpha value is -0.610. The molecule has 0 aromatic heterocycles. The highest BCUT2D eigenvalue weighted by molar-refractivity contribution is 5.78. The van der Waals surface area contributed by atoms with Crippen molar-refractivity contribution in [1.82, 2.24) is 5.32 Å². The lowest BCUT2D eigenvalue weighted by Gasteiger charge is -2.10. The smallest absolute Gasteiger partial charge is 0.223 e. The van der Waals surface area contributed by atoms with Gasteiger partial charge in [-0.2, -0.15) is 0 Å². The van der Waals surface area contributed by atoms with Gasteiger partial charge in [0.1, 0.15) is 0 Å². The molecule has 0 saturated heterocycles. The van der Waals surface area contributed by atoms with Crippen LogP contribution in [0.4, 0.5) is 0 Å². The number of carbonyl (C=O) groups excluding carboxylic acids is 1. The molecule has 1 saturated carbocycles. The van der Waals surface area contributed by atoms with E-state index in [9.17, 15) is 4.79 Å². The first-order chi connectivity index (χ1) is 7.74. The van der Waals surface area contributed by atoms with Crippen LogP contribution in [0.2, 0.25) is 0 Å². The van der Waals surface area contributed by atoms with Gasteiger partial charge in [-0.1, -0.05) is 0 Å². The highest BCUT2D eigenvalue weighted by Gasteiger charge is 2.27. The van der Waals surface area contributed by atoms with Gasteiger partial charge in [0.25, 0.3) is 0 Å². The number of rotatable bonds is 7. The lowest BCUT2D eigenvalue weighted by atomic mass is 10.1. The number of nitrogens with two attached hydrogens (primary N) is 1. The van der Waals surface area contributed by atoms with Crippen molar-refractivity contribution in [3.8, 4) is 0 Å². The maximum Gasteiger partial charge on any atom is 0.223 e. The molecular formula is C12H24N2O2. The number of ether oxygens (including phenoxy) is 1. The van der Waals surface area contributed by atoms with Crippen LogP contribution < -0.4 is 11.1 Å². The predicted molar refractivity (Wildman–Crippen MR) is 64.1 cm³/mol. The van der Waals surface area contributed by atoms with Gasteiger partial charge in [-0.05, 0) is 39.0 Å². The molecule has 3 N–H and O–H groups in total. The monoisotopic (exact) mass is 228 g/mol. The molecule has 1 amide bonds. The fourth-order valence-electron chi connectivity index (χ4n) is 2.08. The van der Waals surface area contributed by atoms with Crippen LogP contribution >= 0.6 is 0 Å². The van der Waals surface area contributed by atoms with Gasteiger partial charge >= 0.3 is 0 Å². The molecule has 16 heavy (non-hydrogen) atoms. The minimum atomic E-state index is 0.155. The van der Waals surface area contributed by atoms with Gasteiger partial charge in [0.05, 0.1) is 0 Å². The first-order valence-corrected chi connectivity index (χ1v) is 6.35. The van der Waals surface area contributed by atoms with Crippen LogP contribution in [-0.2, 0) is 9.53 Å². The maximum absolute atomic E-state index is 11.7. The lowest BCUT2D eigenvalue weighted by molar-refractivity contribution is -0.124. The summed E-state index contributed by atoms with van der Waals surface area (Å²) in [6.45, 7) is 4.32. The molecule has 0 radical (unpaired) electrons. The molecule has 0 aromatic rings. The first kappa shape index (κ1) is 13.5. The van der Waals surface area contributed by atoms with Crippen molar-refractivity contribution < 1.29 is 9.53 Å². The van der Waals surface area contributed by atoms with E-state index < -0.39 is 0 Å². The molecular weight excluding hydrogens is 204 g/mol. The standard InChI is InChI=1S/C12H24N2O2/c1-2-16-8-4-3-7-14-12(15)10-5-6-11(13)9-10/h10-11H,2-9,13H2,1H3,(H,14,15). The molecule has 0 aromatic carbocycles. The number of carbonyl (C=O) groups is 1. The van der Waals surface area contributed by atoms with E-state index >= 15 is 0 Å². The van der Waals surface area contributed by atoms with Gasteiger partial charge in [-0.15, -0.1) is 0 Å². The number of hydrogen-bond donors (Lipinski definition) is 2. The Morgan fingerprint density at radius 3 is 2.88 bits per heavy atom. The molecule has 94 valence electrons. The van der Waals surface area contributed by atoms with Crippen molar-refractivity contribution in [3.05, 3.63) is 0 Å². The largest absolute Gasteiger partial charge is 0.382 e. The molecule has 4 heteroatoms. The summed E-state index contributed by atoms with van der Waals surface area (Å²) in [5.74, 6) is 0.339. The Bertz CT molecular complexity index is 209. The van der Waals surface area contributed by atoms with E-state index in [4.69, 9.17) is 10.5 Å². The summed E-state index contributed by atoms with van der Waals surface area (Å²) in [5.41, 5.74) is 5.78. The fraction of sp³-hybridized carbons (Fsp3) is 0.917. The first-order valence-electron chi connectivity index (χ1n) is 6.35. The Labute approximate surface area is 97.9 Å². The van der Waals surface area contributed by atoms with E-state index in [-0.39, 0.29) is 17.9 Å². The van der Waals surface area contributed by atoms with Crippen LogP contribution in [0.5, 0.6) is 0 Å². The molecule has 2 unspecified atom stereocenters. The van der Waals surface area contributed by atoms with E-state index in [1.165, 1.54) is 0 Å². The minimum Gasteiger partial charge on any atom is -0.382 e. The van der Waals surface area contributed by atoms with Crippen molar-refractivity contribution in [2.45, 2.75) is 45.1 Å². The van der Waals surface area contributed by atoms with Crippen LogP contribution in [0.3, 0.4) is 0 Å². The van der Waals surface area contributed by atoms with E-state index in [0.717, 1.165) is 51.9 Å². The Balaban J connectivity index is 1.98. The molecule has 0 bridgehead atoms. The third-order valence-electron chi connectivity index (χ3n) is 3.06. The van der Waals surface area contributed by atoms with Crippen molar-refractivity contribution in [2.24, 2.45) is 11.7 Å². The number of hydrogen-bond acceptors (Lipinski definition) is 3. The summed E-state index contributed by atoms with van der Waals surface area (Å²) in [4.78, 5) is 11.7. The minimum absolute atomic E-state index is 0.155. The molecule has 1 fully saturated rings. The highest BCUT2D eigenvalue weighted by atomic mass is 16.5. The zero-order valence-electron chi connectivity index (χ0n) is 10.2. The van der Waals surface area contributed by atoms with Gasteiger partial charge in [0, 0.05) is 31.7 Å². The van der Waals surface area contributed by atoms with Crippen molar-refractivity contribution in [1.29, 1.82) is 0 Å². The average Bonchev–Trinajstić information content (AvgIpc) is 2.70. The van der Waals surface area contributed by atoms with Crippen LogP contribution in [0.25, 0.3) is 0 Å². The van der Waals surface area contributed by atoms with Gasteiger partial charge < -0.3 is 15.8 Å². The SMILES string of the molecule is CCOCCCCNC(=O)C1CCC(N)C1. The van der Waals surface area contributed by atoms with E-state index in [2.05, 4.69) is 5.32 Å². The third-order valence-corrected chi connectivity index (χ3v) is 3.06. The molecule has 0 aliphatic heterocycles. The third kappa shape index (κ3) is 4.94. The second-order valence-electron chi connectivity index (χ2n) is 4.47. The zero-order valence-corrected chi connectivity index (χ0v) is 10.2. The summed E-state index contributed by atoms with van der Waals surface area (Å²) in [6.07, 6.45) is 4.79. The topological polar surface area (TPSA) is 64.3 Å². The van der Waals surface area contributed by atoms with Gasteiger partial charge in [-0.3, -0.25) is 4.79 Å². The molecule has 1 aliphatic rings. The van der Waals surface area contributed by atoms with Crippen molar-refractivity contribution in [2.75, 3.05) is 19.8 Å². The maximum atomic E-state index is 11.7. The summed E-state index contributed by atoms with van der Waals surface area (Å²) in [6, 6.07) is 0.230. The van der Waals surface area contributed by atoms with E-state index in [1.54, 1.807) is 0 Å². The average molecular weight is 228 g/mol. The van der Waals surface area contributed by atoms with Crippen LogP contribution in [0.1, 0.15) is 39.0 Å². The quantitative estimate of drug-likeness (QED) is 0.640. The second kappa shape index (κ2) is 7.63. The zero-order chi connectivity index (χ0) is 11.8. The van der Waals surface area contributed by atoms with Crippen molar-refractivity contribution in [3.63, 3.8) is 0 Å². The number of nitrogens with one attached hydrogen (secondary N) is 1. The molecule has 0 spiro atoms. The van der Waals surface area contributed by atoms with Crippen LogP contribution in [0, 0.1) is 5.92 Å². The summed E-state index contributed by atoms with van der Waals surface area (Å²) >= 11 is 0. The van der Waals surface area contributed by atoms with Gasteiger partial charge in [0.15, 0.2) is 0 Å². The summed E-state index contributed by atoms with van der Waals surface area (Å²) < 4.78 is 5.23. The second-order valence-corrected chi connectivity index (χ2v) is 4.47. The Kier molecular flexibility index (Phi) is 6.42. The summed E-state index contributed by atoms with van der Waals surface area (Å²) in [7, 11) is 0. The normalized spacial score (nSPS) is 24.6. The number of amides is 1. The van der Waals surface area contributed by atoms with E-state index in [0.29, 0.717) is 0 Å². The summed E-state index contributed by atoms with van der Waals surface area (Å²) in [5, 5.41) is 2.97. The fourth-order valence-corrected chi connectivity index (χ4v) is 2.08. The molecule has 2 atom stereocenters. The molecule has 4 nitrogen and oxygen atoms in total.